The van der Waals surface area contributed by atoms with Crippen molar-refractivity contribution in [3.63, 3.8) is 0 Å². The Bertz CT molecular complexity index is 353. The first-order chi connectivity index (χ1) is 7.24. The van der Waals surface area contributed by atoms with Crippen molar-refractivity contribution in [2.45, 2.75) is 13.8 Å². The van der Waals surface area contributed by atoms with Gasteiger partial charge in [-0.25, -0.2) is 0 Å². The van der Waals surface area contributed by atoms with E-state index in [1.54, 1.807) is 0 Å². The maximum absolute atomic E-state index is 11.6. The fourth-order valence-corrected chi connectivity index (χ4v) is 1.22. The van der Waals surface area contributed by atoms with Crippen LogP contribution < -0.4 is 0 Å². The van der Waals surface area contributed by atoms with Gasteiger partial charge in [0.15, 0.2) is 5.78 Å². The van der Waals surface area contributed by atoms with E-state index in [0.717, 1.165) is 11.1 Å². The van der Waals surface area contributed by atoms with Crippen LogP contribution in [0.25, 0.3) is 0 Å². The molecule has 0 bridgehead atoms. The molecule has 2 heteroatoms. The van der Waals surface area contributed by atoms with Gasteiger partial charge < -0.3 is 4.74 Å². The van der Waals surface area contributed by atoms with Crippen LogP contribution >= 0.6 is 0 Å². The van der Waals surface area contributed by atoms with Gasteiger partial charge in [0.2, 0.25) is 0 Å². The normalized spacial score (nSPS) is 10.8. The number of aryl methyl sites for hydroxylation is 1. The van der Waals surface area contributed by atoms with Crippen LogP contribution in [-0.2, 0) is 4.74 Å². The highest BCUT2D eigenvalue weighted by molar-refractivity contribution is 5.97. The molecule has 0 saturated carbocycles. The van der Waals surface area contributed by atoms with Crippen molar-refractivity contribution in [1.29, 1.82) is 0 Å². The van der Waals surface area contributed by atoms with E-state index < -0.39 is 0 Å². The van der Waals surface area contributed by atoms with Gasteiger partial charge in [0.25, 0.3) is 0 Å². The molecule has 15 heavy (non-hydrogen) atoms. The number of carbonyl (C=O) groups is 1. The van der Waals surface area contributed by atoms with Gasteiger partial charge in [0.05, 0.1) is 6.61 Å². The molecule has 1 aromatic rings. The molecule has 1 rings (SSSR count). The number of benzene rings is 1. The van der Waals surface area contributed by atoms with Crippen LogP contribution in [0.15, 0.2) is 36.4 Å². The molecule has 80 valence electrons. The molecule has 0 amide bonds. The zero-order chi connectivity index (χ0) is 11.1. The van der Waals surface area contributed by atoms with Gasteiger partial charge in [-0.1, -0.05) is 35.9 Å². The second kappa shape index (κ2) is 6.14. The summed E-state index contributed by atoms with van der Waals surface area (Å²) in [5.41, 5.74) is 1.81. The lowest BCUT2D eigenvalue weighted by Gasteiger charge is -2.02. The van der Waals surface area contributed by atoms with Gasteiger partial charge in [-0.05, 0) is 19.9 Å². The molecule has 0 radical (unpaired) electrons. The van der Waals surface area contributed by atoms with Crippen molar-refractivity contribution in [2.24, 2.45) is 0 Å². The lowest BCUT2D eigenvalue weighted by atomic mass is 10.1. The Kier molecular flexibility index (Phi) is 4.78. The summed E-state index contributed by atoms with van der Waals surface area (Å²) < 4.78 is 5.19. The second-order valence-electron chi connectivity index (χ2n) is 3.38. The van der Waals surface area contributed by atoms with E-state index in [2.05, 4.69) is 0 Å². The van der Waals surface area contributed by atoms with Gasteiger partial charge in [-0.15, -0.1) is 0 Å². The summed E-state index contributed by atoms with van der Waals surface area (Å²) in [7, 11) is 0. The molecule has 2 nitrogen and oxygen atoms in total. The number of carbonyl (C=O) groups excluding carboxylic acids is 1. The molecule has 1 aromatic carbocycles. The standard InChI is InChI=1S/C13H16O2/c1-3-4-8-15-10-13(14)12-7-5-6-11(2)9-12/h3-7,9H,8,10H2,1-2H3. The van der Waals surface area contributed by atoms with Crippen molar-refractivity contribution in [2.75, 3.05) is 13.2 Å². The third-order valence-electron chi connectivity index (χ3n) is 2.02. The van der Waals surface area contributed by atoms with Crippen LogP contribution in [0.2, 0.25) is 0 Å². The van der Waals surface area contributed by atoms with Crippen molar-refractivity contribution in [3.8, 4) is 0 Å². The van der Waals surface area contributed by atoms with E-state index >= 15 is 0 Å². The highest BCUT2D eigenvalue weighted by atomic mass is 16.5. The Morgan fingerprint density at radius 2 is 2.27 bits per heavy atom. The van der Waals surface area contributed by atoms with Crippen molar-refractivity contribution in [3.05, 3.63) is 47.5 Å². The highest BCUT2D eigenvalue weighted by Crippen LogP contribution is 2.04. The minimum absolute atomic E-state index is 0.0307. The van der Waals surface area contributed by atoms with Gasteiger partial charge in [0.1, 0.15) is 6.61 Å². The highest BCUT2D eigenvalue weighted by Gasteiger charge is 2.04. The number of allylic oxidation sites excluding steroid dienone is 1. The summed E-state index contributed by atoms with van der Waals surface area (Å²) >= 11 is 0. The number of ketones is 1. The molecule has 0 saturated heterocycles. The Morgan fingerprint density at radius 3 is 2.93 bits per heavy atom. The number of rotatable bonds is 5. The predicted molar refractivity (Wildman–Crippen MR) is 61.1 cm³/mol. The maximum Gasteiger partial charge on any atom is 0.188 e. The Morgan fingerprint density at radius 1 is 1.47 bits per heavy atom. The largest absolute Gasteiger partial charge is 0.369 e. The summed E-state index contributed by atoms with van der Waals surface area (Å²) in [6.07, 6.45) is 3.78. The summed E-state index contributed by atoms with van der Waals surface area (Å²) in [6.45, 7) is 4.53. The predicted octanol–water partition coefficient (Wildman–Crippen LogP) is 2.77. The molecule has 0 N–H and O–H groups in total. The molecule has 0 aliphatic carbocycles. The van der Waals surface area contributed by atoms with E-state index in [1.807, 2.05) is 50.3 Å². The van der Waals surface area contributed by atoms with Crippen LogP contribution in [-0.4, -0.2) is 19.0 Å². The SMILES string of the molecule is CC=CCOCC(=O)c1cccc(C)c1. The fourth-order valence-electron chi connectivity index (χ4n) is 1.22. The minimum atomic E-state index is 0.0307. The number of ether oxygens (including phenoxy) is 1. The molecule has 0 heterocycles. The monoisotopic (exact) mass is 204 g/mol. The van der Waals surface area contributed by atoms with Crippen molar-refractivity contribution >= 4 is 5.78 Å². The number of hydrogen-bond acceptors (Lipinski definition) is 2. The first-order valence-electron chi connectivity index (χ1n) is 5.03. The zero-order valence-electron chi connectivity index (χ0n) is 9.19. The van der Waals surface area contributed by atoms with E-state index in [1.165, 1.54) is 0 Å². The number of Topliss-reactive ketones (excluding diaryl/α,β-unsaturated/α-hetero) is 1. The van der Waals surface area contributed by atoms with Gasteiger partial charge in [-0.3, -0.25) is 4.79 Å². The van der Waals surface area contributed by atoms with Crippen LogP contribution in [0.5, 0.6) is 0 Å². The smallest absolute Gasteiger partial charge is 0.188 e. The molecule has 0 aliphatic heterocycles. The topological polar surface area (TPSA) is 26.3 Å². The van der Waals surface area contributed by atoms with Crippen LogP contribution in [0.4, 0.5) is 0 Å². The molecule has 0 aliphatic rings. The molecule has 0 spiro atoms. The third-order valence-corrected chi connectivity index (χ3v) is 2.02. The Labute approximate surface area is 90.6 Å². The molecule has 0 fully saturated rings. The average molecular weight is 204 g/mol. The minimum Gasteiger partial charge on any atom is -0.369 e. The summed E-state index contributed by atoms with van der Waals surface area (Å²) in [6, 6.07) is 7.54. The summed E-state index contributed by atoms with van der Waals surface area (Å²) in [4.78, 5) is 11.6. The van der Waals surface area contributed by atoms with E-state index in [0.29, 0.717) is 6.61 Å². The molecule has 0 atom stereocenters. The van der Waals surface area contributed by atoms with Gasteiger partial charge >= 0.3 is 0 Å². The first kappa shape index (κ1) is 11.7. The van der Waals surface area contributed by atoms with Crippen molar-refractivity contribution in [1.82, 2.24) is 0 Å². The van der Waals surface area contributed by atoms with Crippen LogP contribution in [0.3, 0.4) is 0 Å². The molecule has 0 aromatic heterocycles. The zero-order valence-corrected chi connectivity index (χ0v) is 9.19. The first-order valence-corrected chi connectivity index (χ1v) is 5.03. The van der Waals surface area contributed by atoms with Crippen molar-refractivity contribution < 1.29 is 9.53 Å². The summed E-state index contributed by atoms with van der Waals surface area (Å²) in [5, 5.41) is 0. The third kappa shape index (κ3) is 4.09. The average Bonchev–Trinajstić information content (AvgIpc) is 2.24. The maximum atomic E-state index is 11.6. The second-order valence-corrected chi connectivity index (χ2v) is 3.38. The van der Waals surface area contributed by atoms with E-state index in [4.69, 9.17) is 4.74 Å². The lowest BCUT2D eigenvalue weighted by Crippen LogP contribution is -2.09. The molecular formula is C13H16O2. The van der Waals surface area contributed by atoms with Gasteiger partial charge in [0, 0.05) is 5.56 Å². The summed E-state index contributed by atoms with van der Waals surface area (Å²) in [5.74, 6) is 0.0307. The quantitative estimate of drug-likeness (QED) is 0.419. The Balaban J connectivity index is 2.47. The van der Waals surface area contributed by atoms with E-state index in [9.17, 15) is 4.79 Å². The van der Waals surface area contributed by atoms with Crippen LogP contribution in [0.1, 0.15) is 22.8 Å². The number of hydrogen-bond donors (Lipinski definition) is 0. The fraction of sp³-hybridized carbons (Fsp3) is 0.308. The molecule has 0 unspecified atom stereocenters. The van der Waals surface area contributed by atoms with E-state index in [-0.39, 0.29) is 12.4 Å². The lowest BCUT2D eigenvalue weighted by molar-refractivity contribution is 0.0806. The Hall–Kier alpha value is -1.41. The molecular weight excluding hydrogens is 188 g/mol. The van der Waals surface area contributed by atoms with Crippen LogP contribution in [0, 0.1) is 6.92 Å². The van der Waals surface area contributed by atoms with Gasteiger partial charge in [-0.2, -0.15) is 0 Å².